The van der Waals surface area contributed by atoms with Crippen LogP contribution in [0.5, 0.6) is 0 Å². The van der Waals surface area contributed by atoms with Crippen molar-refractivity contribution in [1.82, 2.24) is 15.0 Å². The van der Waals surface area contributed by atoms with Crippen LogP contribution in [0.15, 0.2) is 4.99 Å². The average molecular weight is 254 g/mol. The van der Waals surface area contributed by atoms with Crippen molar-refractivity contribution in [2.24, 2.45) is 4.99 Å². The Hall–Kier alpha value is -1.80. The summed E-state index contributed by atoms with van der Waals surface area (Å²) in [5, 5.41) is 20.2. The van der Waals surface area contributed by atoms with E-state index in [9.17, 15) is 0 Å². The van der Waals surface area contributed by atoms with E-state index in [4.69, 9.17) is 15.9 Å². The van der Waals surface area contributed by atoms with E-state index in [0.29, 0.717) is 19.4 Å². The van der Waals surface area contributed by atoms with Crippen LogP contribution < -0.4 is 11.1 Å². The molecule has 0 radical (unpaired) electrons. The van der Waals surface area contributed by atoms with Crippen LogP contribution in [0.4, 0.5) is 17.8 Å². The minimum Gasteiger partial charge on any atom is -0.396 e. The molecule has 0 fully saturated rings. The van der Waals surface area contributed by atoms with Crippen LogP contribution in [-0.2, 0) is 0 Å². The maximum absolute atomic E-state index is 8.72. The lowest BCUT2D eigenvalue weighted by molar-refractivity contribution is 0.291. The second kappa shape index (κ2) is 7.51. The molecular formula is C10H18N6O2. The highest BCUT2D eigenvalue weighted by molar-refractivity contribution is 5.83. The minimum atomic E-state index is -0.0281. The zero-order valence-electron chi connectivity index (χ0n) is 10.3. The molecule has 0 unspecified atom stereocenters. The van der Waals surface area contributed by atoms with Crippen molar-refractivity contribution in [3.8, 4) is 0 Å². The number of hydrogen-bond donors (Lipinski definition) is 4. The van der Waals surface area contributed by atoms with E-state index in [1.165, 1.54) is 0 Å². The zero-order chi connectivity index (χ0) is 13.4. The van der Waals surface area contributed by atoms with Crippen LogP contribution in [-0.4, -0.2) is 50.6 Å². The Kier molecular flexibility index (Phi) is 5.95. The van der Waals surface area contributed by atoms with Gasteiger partial charge in [0.1, 0.15) is 0 Å². The van der Waals surface area contributed by atoms with Crippen molar-refractivity contribution in [1.29, 1.82) is 0 Å². The molecule has 1 aromatic heterocycles. The van der Waals surface area contributed by atoms with E-state index < -0.39 is 0 Å². The molecule has 8 heteroatoms. The standard InChI is InChI=1S/C10H18N6O2/c1-7(3-2-5-17)13-10-15-8(11)14-9(16-10)12-4-6-18/h17-18H,2-6H2,1H3,(H3,11,12,14,15,16). The second-order valence-corrected chi connectivity index (χ2v) is 3.64. The van der Waals surface area contributed by atoms with Gasteiger partial charge in [0.15, 0.2) is 0 Å². The molecule has 0 atom stereocenters. The number of anilines is 2. The quantitative estimate of drug-likeness (QED) is 0.492. The molecule has 0 spiro atoms. The molecule has 18 heavy (non-hydrogen) atoms. The number of hydrogen-bond acceptors (Lipinski definition) is 8. The number of nitrogens with one attached hydrogen (secondary N) is 1. The number of rotatable bonds is 7. The van der Waals surface area contributed by atoms with Crippen LogP contribution >= 0.6 is 0 Å². The molecule has 0 amide bonds. The Bertz CT molecular complexity index is 409. The van der Waals surface area contributed by atoms with Crippen LogP contribution in [0.25, 0.3) is 0 Å². The predicted molar refractivity (Wildman–Crippen MR) is 68.9 cm³/mol. The van der Waals surface area contributed by atoms with Crippen LogP contribution in [0, 0.1) is 0 Å². The van der Waals surface area contributed by atoms with Crippen molar-refractivity contribution < 1.29 is 10.2 Å². The van der Waals surface area contributed by atoms with Gasteiger partial charge in [-0.25, -0.2) is 4.99 Å². The summed E-state index contributed by atoms with van der Waals surface area (Å²) in [7, 11) is 0. The molecule has 0 saturated carbocycles. The summed E-state index contributed by atoms with van der Waals surface area (Å²) in [6.45, 7) is 2.25. The van der Waals surface area contributed by atoms with Crippen molar-refractivity contribution >= 4 is 23.6 Å². The molecule has 0 aliphatic rings. The first-order chi connectivity index (χ1) is 8.65. The number of aliphatic hydroxyl groups is 2. The minimum absolute atomic E-state index is 0.0281. The molecule has 0 aromatic carbocycles. The maximum atomic E-state index is 8.72. The third kappa shape index (κ3) is 5.02. The molecule has 0 bridgehead atoms. The third-order valence-electron chi connectivity index (χ3n) is 2.02. The lowest BCUT2D eigenvalue weighted by Crippen LogP contribution is -2.10. The van der Waals surface area contributed by atoms with E-state index in [2.05, 4.69) is 25.3 Å². The Morgan fingerprint density at radius 2 is 2.06 bits per heavy atom. The van der Waals surface area contributed by atoms with E-state index in [1.54, 1.807) is 0 Å². The normalized spacial score (nSPS) is 11.6. The van der Waals surface area contributed by atoms with Crippen LogP contribution in [0.1, 0.15) is 19.8 Å². The topological polar surface area (TPSA) is 130 Å². The van der Waals surface area contributed by atoms with Crippen molar-refractivity contribution in [2.75, 3.05) is 30.8 Å². The van der Waals surface area contributed by atoms with Crippen LogP contribution in [0.3, 0.4) is 0 Å². The number of aromatic nitrogens is 3. The van der Waals surface area contributed by atoms with Gasteiger partial charge in [0, 0.05) is 18.9 Å². The summed E-state index contributed by atoms with van der Waals surface area (Å²) < 4.78 is 0. The molecule has 100 valence electrons. The van der Waals surface area contributed by atoms with Gasteiger partial charge >= 0.3 is 0 Å². The monoisotopic (exact) mass is 254 g/mol. The smallest absolute Gasteiger partial charge is 0.255 e. The summed E-state index contributed by atoms with van der Waals surface area (Å²) in [5.74, 6) is 0.572. The summed E-state index contributed by atoms with van der Waals surface area (Å²) in [4.78, 5) is 16.0. The summed E-state index contributed by atoms with van der Waals surface area (Å²) in [6.07, 6.45) is 1.31. The van der Waals surface area contributed by atoms with E-state index in [-0.39, 0.29) is 31.1 Å². The highest BCUT2D eigenvalue weighted by Gasteiger charge is 2.03. The first-order valence-electron chi connectivity index (χ1n) is 5.67. The van der Waals surface area contributed by atoms with E-state index >= 15 is 0 Å². The van der Waals surface area contributed by atoms with Gasteiger partial charge in [-0.15, -0.1) is 0 Å². The molecule has 1 aromatic rings. The van der Waals surface area contributed by atoms with Gasteiger partial charge in [0.25, 0.3) is 5.95 Å². The van der Waals surface area contributed by atoms with Gasteiger partial charge in [0.05, 0.1) is 6.61 Å². The van der Waals surface area contributed by atoms with Crippen molar-refractivity contribution in [3.63, 3.8) is 0 Å². The second-order valence-electron chi connectivity index (χ2n) is 3.64. The van der Waals surface area contributed by atoms with Gasteiger partial charge < -0.3 is 21.3 Å². The Morgan fingerprint density at radius 1 is 1.28 bits per heavy atom. The maximum Gasteiger partial charge on any atom is 0.255 e. The average Bonchev–Trinajstić information content (AvgIpc) is 2.33. The first kappa shape index (κ1) is 14.3. The molecule has 8 nitrogen and oxygen atoms in total. The van der Waals surface area contributed by atoms with E-state index in [1.807, 2.05) is 6.92 Å². The third-order valence-corrected chi connectivity index (χ3v) is 2.02. The highest BCUT2D eigenvalue weighted by atomic mass is 16.3. The Balaban J connectivity index is 2.78. The summed E-state index contributed by atoms with van der Waals surface area (Å²) in [5.41, 5.74) is 6.34. The number of nitrogens with two attached hydrogens (primary N) is 1. The van der Waals surface area contributed by atoms with Gasteiger partial charge in [0.2, 0.25) is 11.9 Å². The predicted octanol–water partition coefficient (Wildman–Crippen LogP) is -0.277. The number of nitrogens with zero attached hydrogens (tertiary/aromatic N) is 4. The lowest BCUT2D eigenvalue weighted by Gasteiger charge is -2.04. The first-order valence-corrected chi connectivity index (χ1v) is 5.67. The van der Waals surface area contributed by atoms with Gasteiger partial charge in [-0.1, -0.05) is 0 Å². The summed E-state index contributed by atoms with van der Waals surface area (Å²) >= 11 is 0. The molecular weight excluding hydrogens is 236 g/mol. The molecule has 1 heterocycles. The fourth-order valence-corrected chi connectivity index (χ4v) is 1.24. The lowest BCUT2D eigenvalue weighted by atomic mass is 10.2. The van der Waals surface area contributed by atoms with Gasteiger partial charge in [-0.3, -0.25) is 0 Å². The largest absolute Gasteiger partial charge is 0.396 e. The fourth-order valence-electron chi connectivity index (χ4n) is 1.24. The van der Waals surface area contributed by atoms with Crippen LogP contribution in [0.2, 0.25) is 0 Å². The zero-order valence-corrected chi connectivity index (χ0v) is 10.3. The molecule has 1 rings (SSSR count). The Morgan fingerprint density at radius 3 is 2.72 bits per heavy atom. The van der Waals surface area contributed by atoms with E-state index in [0.717, 1.165) is 5.71 Å². The number of nitrogen functional groups attached to an aromatic ring is 1. The number of aliphatic hydroxyl groups excluding tert-OH is 2. The highest BCUT2D eigenvalue weighted by Crippen LogP contribution is 2.10. The molecule has 0 aliphatic heterocycles. The molecule has 0 saturated heterocycles. The van der Waals surface area contributed by atoms with Crippen molar-refractivity contribution in [3.05, 3.63) is 0 Å². The fraction of sp³-hybridized carbons (Fsp3) is 0.600. The van der Waals surface area contributed by atoms with Gasteiger partial charge in [-0.05, 0) is 19.8 Å². The van der Waals surface area contributed by atoms with Gasteiger partial charge in [-0.2, -0.15) is 15.0 Å². The Labute approximate surface area is 105 Å². The molecule has 0 aliphatic carbocycles. The molecule has 5 N–H and O–H groups in total. The number of aliphatic imine (C=N–C) groups is 1. The SMILES string of the molecule is CC(CCCO)=Nc1nc(N)nc(NCCO)n1. The summed E-state index contributed by atoms with van der Waals surface area (Å²) in [6, 6.07) is 0. The van der Waals surface area contributed by atoms with Crippen molar-refractivity contribution in [2.45, 2.75) is 19.8 Å².